The van der Waals surface area contributed by atoms with E-state index in [1.54, 1.807) is 6.08 Å². The van der Waals surface area contributed by atoms with Gasteiger partial charge in [-0.25, -0.2) is 0 Å². The second-order valence-electron chi connectivity index (χ2n) is 17.1. The van der Waals surface area contributed by atoms with Crippen LogP contribution in [-0.4, -0.2) is 68.1 Å². The lowest BCUT2D eigenvalue weighted by Crippen LogP contribution is -2.68. The van der Waals surface area contributed by atoms with Gasteiger partial charge in [-0.1, -0.05) is 193 Å². The number of hydrogen-bond acceptors (Lipinski definition) is 10. The number of esters is 2. The summed E-state index contributed by atoms with van der Waals surface area (Å²) in [7, 11) is 0. The summed E-state index contributed by atoms with van der Waals surface area (Å²) in [4.78, 5) is 26.5. The molecule has 1 aliphatic rings. The molecule has 0 spiro atoms. The van der Waals surface area contributed by atoms with Crippen molar-refractivity contribution in [3.8, 4) is 0 Å². The number of benzene rings is 4. The molecule has 5 rings (SSSR count). The average Bonchev–Trinajstić information content (AvgIpc) is 3.34. The van der Waals surface area contributed by atoms with Gasteiger partial charge in [0.05, 0.1) is 39.6 Å². The highest BCUT2D eigenvalue weighted by Gasteiger charge is 2.57. The monoisotopic (exact) mass is 907 g/mol. The van der Waals surface area contributed by atoms with E-state index in [9.17, 15) is 9.59 Å². The summed E-state index contributed by atoms with van der Waals surface area (Å²) in [6.45, 7) is 9.33. The molecule has 4 aromatic rings. The molecule has 6 atom stereocenters. The second kappa shape index (κ2) is 30.6. The Kier molecular flexibility index (Phi) is 24.2. The van der Waals surface area contributed by atoms with Gasteiger partial charge in [0.15, 0.2) is 6.10 Å². The Hall–Kier alpha value is -4.68. The van der Waals surface area contributed by atoms with Crippen LogP contribution in [0.4, 0.5) is 0 Å². The Bertz CT molecular complexity index is 1900. The summed E-state index contributed by atoms with van der Waals surface area (Å²) in [6, 6.07) is 39.8. The maximum atomic E-state index is 13.4. The first-order chi connectivity index (χ1) is 32.4. The van der Waals surface area contributed by atoms with Crippen molar-refractivity contribution in [1.29, 1.82) is 0 Å². The normalized spacial score (nSPS) is 19.8. The van der Waals surface area contributed by atoms with Crippen LogP contribution >= 0.6 is 0 Å². The lowest BCUT2D eigenvalue weighted by molar-refractivity contribution is -0.384. The molecule has 0 bridgehead atoms. The third-order valence-electron chi connectivity index (χ3n) is 11.6. The van der Waals surface area contributed by atoms with Crippen LogP contribution in [0.2, 0.25) is 0 Å². The summed E-state index contributed by atoms with van der Waals surface area (Å²) in [6.07, 6.45) is 8.31. The zero-order valence-electron chi connectivity index (χ0n) is 39.4. The van der Waals surface area contributed by atoms with Crippen molar-refractivity contribution in [2.24, 2.45) is 0 Å². The maximum absolute atomic E-state index is 13.4. The molecule has 358 valence electrons. The van der Waals surface area contributed by atoms with Crippen LogP contribution in [0.25, 0.3) is 0 Å². The van der Waals surface area contributed by atoms with Crippen LogP contribution in [0, 0.1) is 0 Å². The maximum Gasteiger partial charge on any atom is 0.306 e. The Balaban J connectivity index is 1.49. The molecular formula is C56H74O10. The van der Waals surface area contributed by atoms with Gasteiger partial charge in [-0.05, 0) is 35.1 Å². The van der Waals surface area contributed by atoms with Crippen molar-refractivity contribution in [2.75, 3.05) is 19.8 Å². The Morgan fingerprint density at radius 2 is 1.06 bits per heavy atom. The van der Waals surface area contributed by atoms with Gasteiger partial charge in [0.2, 0.25) is 5.79 Å². The summed E-state index contributed by atoms with van der Waals surface area (Å²) in [5.74, 6) is -2.27. The third-order valence-corrected chi connectivity index (χ3v) is 11.6. The number of ether oxygens (including phenoxy) is 8. The molecule has 10 nitrogen and oxygen atoms in total. The number of rotatable bonds is 33. The fourth-order valence-corrected chi connectivity index (χ4v) is 8.06. The minimum absolute atomic E-state index is 0.125. The molecule has 1 unspecified atom stereocenters. The van der Waals surface area contributed by atoms with Crippen molar-refractivity contribution in [3.63, 3.8) is 0 Å². The molecule has 4 aromatic carbocycles. The molecule has 0 amide bonds. The molecule has 0 N–H and O–H groups in total. The highest BCUT2D eigenvalue weighted by Crippen LogP contribution is 2.40. The predicted octanol–water partition coefficient (Wildman–Crippen LogP) is 11.8. The van der Waals surface area contributed by atoms with E-state index in [-0.39, 0.29) is 70.8 Å². The van der Waals surface area contributed by atoms with Crippen LogP contribution < -0.4 is 0 Å². The van der Waals surface area contributed by atoms with E-state index < -0.39 is 36.3 Å². The van der Waals surface area contributed by atoms with Crippen LogP contribution in [0.1, 0.15) is 120 Å². The molecule has 0 aliphatic carbocycles. The highest BCUT2D eigenvalue weighted by atomic mass is 16.7. The number of hydrogen-bond donors (Lipinski definition) is 0. The van der Waals surface area contributed by atoms with Gasteiger partial charge in [0.1, 0.15) is 31.0 Å². The Labute approximate surface area is 394 Å². The van der Waals surface area contributed by atoms with Crippen LogP contribution in [0.3, 0.4) is 0 Å². The highest BCUT2D eigenvalue weighted by molar-refractivity contribution is 5.70. The lowest BCUT2D eigenvalue weighted by atomic mass is 9.89. The summed E-state index contributed by atoms with van der Waals surface area (Å²) < 4.78 is 53.4. The van der Waals surface area contributed by atoms with Gasteiger partial charge >= 0.3 is 11.9 Å². The van der Waals surface area contributed by atoms with Crippen molar-refractivity contribution >= 4 is 11.9 Å². The van der Waals surface area contributed by atoms with Gasteiger partial charge in [-0.3, -0.25) is 9.59 Å². The van der Waals surface area contributed by atoms with E-state index in [0.29, 0.717) is 13.0 Å². The quantitative estimate of drug-likeness (QED) is 0.0260. The largest absolute Gasteiger partial charge is 0.462 e. The first-order valence-electron chi connectivity index (χ1n) is 24.3. The molecule has 1 heterocycles. The van der Waals surface area contributed by atoms with E-state index in [4.69, 9.17) is 37.9 Å². The Morgan fingerprint density at radius 3 is 1.58 bits per heavy atom. The molecule has 1 saturated heterocycles. The van der Waals surface area contributed by atoms with Crippen molar-refractivity contribution < 1.29 is 47.5 Å². The Morgan fingerprint density at radius 1 is 0.591 bits per heavy atom. The average molecular weight is 907 g/mol. The zero-order chi connectivity index (χ0) is 46.5. The van der Waals surface area contributed by atoms with E-state index in [1.807, 2.05) is 121 Å². The number of carbonyl (C=O) groups is 2. The molecule has 1 aliphatic heterocycles. The van der Waals surface area contributed by atoms with E-state index in [0.717, 1.165) is 80.0 Å². The minimum atomic E-state index is -1.56. The standard InChI is InChI=1S/C56H74O10/c1-4-7-9-11-25-35-51(57)60-42-49(65-52(58)36-26-12-10-8-5-2)43-64-56(37-6-3)55(63-41-48-33-23-16-24-34-48)54(62-40-47-31-21-15-22-32-47)53(61-39-46-29-19-14-20-30-46)50(66-56)44-59-38-45-27-17-13-18-28-45/h6,13-24,27-34,49-50,53-55H,3-5,7-12,25-26,35-44H2,1-2H3/t49?,50-,53-,54+,55-,56+/m1/s1. The molecule has 0 radical (unpaired) electrons. The van der Waals surface area contributed by atoms with Gasteiger partial charge in [-0.15, -0.1) is 6.58 Å². The smallest absolute Gasteiger partial charge is 0.306 e. The lowest BCUT2D eigenvalue weighted by Gasteiger charge is -2.52. The van der Waals surface area contributed by atoms with Gasteiger partial charge in [0.25, 0.3) is 0 Å². The fourth-order valence-electron chi connectivity index (χ4n) is 8.06. The molecule has 1 fully saturated rings. The fraction of sp³-hybridized carbons (Fsp3) is 0.500. The van der Waals surface area contributed by atoms with E-state index in [1.165, 1.54) is 0 Å². The van der Waals surface area contributed by atoms with E-state index >= 15 is 0 Å². The van der Waals surface area contributed by atoms with Crippen molar-refractivity contribution in [2.45, 2.75) is 160 Å². The number of unbranched alkanes of at least 4 members (excludes halogenated alkanes) is 8. The second-order valence-corrected chi connectivity index (χ2v) is 17.1. The van der Waals surface area contributed by atoms with Gasteiger partial charge in [-0.2, -0.15) is 0 Å². The van der Waals surface area contributed by atoms with Crippen molar-refractivity contribution in [1.82, 2.24) is 0 Å². The summed E-state index contributed by atoms with van der Waals surface area (Å²) >= 11 is 0. The minimum Gasteiger partial charge on any atom is -0.462 e. The van der Waals surface area contributed by atoms with Crippen LogP contribution in [0.5, 0.6) is 0 Å². The topological polar surface area (TPSA) is 108 Å². The molecular weight excluding hydrogens is 833 g/mol. The zero-order valence-corrected chi connectivity index (χ0v) is 39.4. The molecule has 10 heteroatoms. The summed E-state index contributed by atoms with van der Waals surface area (Å²) in [5.41, 5.74) is 3.90. The molecule has 66 heavy (non-hydrogen) atoms. The summed E-state index contributed by atoms with van der Waals surface area (Å²) in [5, 5.41) is 0. The number of carbonyl (C=O) groups excluding carboxylic acids is 2. The SMILES string of the molecule is C=CC[C@]1(OCC(COC(=O)CCCCCCC)OC(=O)CCCCCCC)O[C@H](COCc2ccccc2)[C@@H](OCc2ccccc2)[C@H](OCc2ccccc2)[C@H]1OCc1ccccc1. The third kappa shape index (κ3) is 18.5. The first kappa shape index (κ1) is 52.3. The van der Waals surface area contributed by atoms with Crippen LogP contribution in [0.15, 0.2) is 134 Å². The predicted molar refractivity (Wildman–Crippen MR) is 257 cm³/mol. The van der Waals surface area contributed by atoms with Crippen molar-refractivity contribution in [3.05, 3.63) is 156 Å². The van der Waals surface area contributed by atoms with Gasteiger partial charge < -0.3 is 37.9 Å². The van der Waals surface area contributed by atoms with E-state index in [2.05, 4.69) is 20.4 Å². The molecule has 0 aromatic heterocycles. The first-order valence-corrected chi connectivity index (χ1v) is 24.3. The van der Waals surface area contributed by atoms with Gasteiger partial charge in [0, 0.05) is 19.3 Å². The molecule has 0 saturated carbocycles. The van der Waals surface area contributed by atoms with Crippen LogP contribution in [-0.2, 0) is 73.9 Å².